The fraction of sp³-hybridized carbons (Fsp3) is 0.839. The summed E-state index contributed by atoms with van der Waals surface area (Å²) in [6, 6.07) is 0. The van der Waals surface area contributed by atoms with E-state index in [4.69, 9.17) is 4.74 Å². The van der Waals surface area contributed by atoms with Crippen LogP contribution in [-0.2, 0) is 9.53 Å². The lowest BCUT2D eigenvalue weighted by molar-refractivity contribution is -0.155. The molecule has 2 fully saturated rings. The van der Waals surface area contributed by atoms with E-state index in [-0.39, 0.29) is 17.5 Å². The van der Waals surface area contributed by atoms with Gasteiger partial charge in [-0.15, -0.1) is 0 Å². The van der Waals surface area contributed by atoms with Crippen molar-refractivity contribution < 1.29 is 9.53 Å². The van der Waals surface area contributed by atoms with Crippen LogP contribution in [0.4, 0.5) is 0 Å². The Bertz CT molecular complexity index is 821. The number of ether oxygens (including phenoxy) is 1. The van der Waals surface area contributed by atoms with E-state index < -0.39 is 0 Å². The van der Waals surface area contributed by atoms with Crippen molar-refractivity contribution in [1.29, 1.82) is 0 Å². The van der Waals surface area contributed by atoms with Crippen molar-refractivity contribution in [1.82, 2.24) is 0 Å². The molecular formula is C31H50O2. The topological polar surface area (TPSA) is 26.3 Å². The summed E-state index contributed by atoms with van der Waals surface area (Å²) in [5.74, 6) is 3.34. The van der Waals surface area contributed by atoms with E-state index in [2.05, 4.69) is 60.6 Å². The van der Waals surface area contributed by atoms with Gasteiger partial charge in [0.1, 0.15) is 6.10 Å². The van der Waals surface area contributed by atoms with Crippen LogP contribution >= 0.6 is 0 Å². The lowest BCUT2D eigenvalue weighted by Crippen LogP contribution is -2.51. The molecule has 0 N–H and O–H groups in total. The van der Waals surface area contributed by atoms with Crippen molar-refractivity contribution in [3.8, 4) is 0 Å². The Hall–Kier alpha value is -1.05. The minimum absolute atomic E-state index is 0.0862. The molecule has 0 aromatic heterocycles. The third-order valence-electron chi connectivity index (χ3n) is 11.3. The standard InChI is InChI=1S/C31H50O2/c1-20(2)10-9-11-21(3)24-14-18-31(8)27-13-12-25-22(4)28(33-23(5)32)16-17-29(25,6)26(27)15-19-30(24,31)7/h13,15,20-22,24-25,28H,9-12,14,16-19H2,1-8H3/t21-,22+,24-,25+,28+,29+,30-,31+/m1/s1. The predicted molar refractivity (Wildman–Crippen MR) is 138 cm³/mol. The summed E-state index contributed by atoms with van der Waals surface area (Å²) in [6.07, 6.45) is 16.8. The molecule has 0 spiro atoms. The lowest BCUT2D eigenvalue weighted by Gasteiger charge is -2.59. The van der Waals surface area contributed by atoms with Crippen LogP contribution in [-0.4, -0.2) is 12.1 Å². The van der Waals surface area contributed by atoms with Gasteiger partial charge in [0.2, 0.25) is 0 Å². The molecule has 0 aromatic carbocycles. The summed E-state index contributed by atoms with van der Waals surface area (Å²) >= 11 is 0. The molecular weight excluding hydrogens is 404 g/mol. The van der Waals surface area contributed by atoms with Gasteiger partial charge in [-0.3, -0.25) is 4.79 Å². The number of carbonyl (C=O) groups excluding carboxylic acids is 1. The van der Waals surface area contributed by atoms with Gasteiger partial charge in [-0.25, -0.2) is 0 Å². The molecule has 0 aliphatic heterocycles. The lowest BCUT2D eigenvalue weighted by atomic mass is 9.46. The van der Waals surface area contributed by atoms with Crippen LogP contribution < -0.4 is 0 Å². The quantitative estimate of drug-likeness (QED) is 0.376. The molecule has 4 aliphatic carbocycles. The monoisotopic (exact) mass is 454 g/mol. The Morgan fingerprint density at radius 1 is 1.06 bits per heavy atom. The fourth-order valence-electron chi connectivity index (χ4n) is 9.00. The maximum Gasteiger partial charge on any atom is 0.302 e. The first-order valence-corrected chi connectivity index (χ1v) is 14.0. The molecule has 0 amide bonds. The van der Waals surface area contributed by atoms with Crippen LogP contribution in [0.5, 0.6) is 0 Å². The van der Waals surface area contributed by atoms with E-state index >= 15 is 0 Å². The highest BCUT2D eigenvalue weighted by Gasteiger charge is 2.62. The summed E-state index contributed by atoms with van der Waals surface area (Å²) in [6.45, 7) is 18.9. The predicted octanol–water partition coefficient (Wildman–Crippen LogP) is 8.52. The zero-order chi connectivity index (χ0) is 24.2. The van der Waals surface area contributed by atoms with E-state index in [0.29, 0.717) is 22.7 Å². The van der Waals surface area contributed by atoms with Gasteiger partial charge in [0.05, 0.1) is 0 Å². The summed E-state index contributed by atoms with van der Waals surface area (Å²) in [7, 11) is 0. The van der Waals surface area contributed by atoms with Crippen LogP contribution in [0.15, 0.2) is 23.3 Å². The number of allylic oxidation sites excluding steroid dienone is 4. The van der Waals surface area contributed by atoms with Gasteiger partial charge >= 0.3 is 5.97 Å². The summed E-state index contributed by atoms with van der Waals surface area (Å²) in [4.78, 5) is 11.7. The Balaban J connectivity index is 1.59. The van der Waals surface area contributed by atoms with E-state index in [0.717, 1.165) is 37.0 Å². The second kappa shape index (κ2) is 8.87. The molecule has 0 unspecified atom stereocenters. The molecule has 0 saturated heterocycles. The molecule has 0 aromatic rings. The highest BCUT2D eigenvalue weighted by atomic mass is 16.5. The van der Waals surface area contributed by atoms with Crippen molar-refractivity contribution in [3.63, 3.8) is 0 Å². The maximum atomic E-state index is 11.7. The highest BCUT2D eigenvalue weighted by molar-refractivity contribution is 5.66. The number of esters is 1. The molecule has 8 atom stereocenters. The van der Waals surface area contributed by atoms with Crippen LogP contribution in [0.25, 0.3) is 0 Å². The smallest absolute Gasteiger partial charge is 0.302 e. The van der Waals surface area contributed by atoms with Gasteiger partial charge in [0.25, 0.3) is 0 Å². The number of carbonyl (C=O) groups is 1. The summed E-state index contributed by atoms with van der Waals surface area (Å²) in [5.41, 5.74) is 4.28. The Morgan fingerprint density at radius 2 is 1.79 bits per heavy atom. The molecule has 0 radical (unpaired) electrons. The molecule has 4 aliphatic rings. The van der Waals surface area contributed by atoms with Crippen molar-refractivity contribution in [2.24, 2.45) is 45.8 Å². The van der Waals surface area contributed by atoms with Crippen molar-refractivity contribution in [2.45, 2.75) is 119 Å². The van der Waals surface area contributed by atoms with Crippen LogP contribution in [0.3, 0.4) is 0 Å². The summed E-state index contributed by atoms with van der Waals surface area (Å²) < 4.78 is 5.75. The van der Waals surface area contributed by atoms with E-state index in [1.54, 1.807) is 18.1 Å². The molecule has 4 rings (SSSR count). The number of rotatable bonds is 6. The molecule has 2 heteroatoms. The molecule has 33 heavy (non-hydrogen) atoms. The van der Waals surface area contributed by atoms with Crippen LogP contribution in [0.2, 0.25) is 0 Å². The minimum atomic E-state index is -0.123. The molecule has 0 bridgehead atoms. The van der Waals surface area contributed by atoms with Crippen LogP contribution in [0.1, 0.15) is 113 Å². The Labute approximate surface area is 204 Å². The van der Waals surface area contributed by atoms with Crippen molar-refractivity contribution in [3.05, 3.63) is 23.3 Å². The molecule has 2 nitrogen and oxygen atoms in total. The third kappa shape index (κ3) is 3.96. The second-order valence-electron chi connectivity index (χ2n) is 13.4. The van der Waals surface area contributed by atoms with Gasteiger partial charge < -0.3 is 4.74 Å². The molecule has 0 heterocycles. The van der Waals surface area contributed by atoms with Gasteiger partial charge in [0.15, 0.2) is 0 Å². The van der Waals surface area contributed by atoms with E-state index in [1.165, 1.54) is 38.5 Å². The summed E-state index contributed by atoms with van der Waals surface area (Å²) in [5, 5.41) is 0. The van der Waals surface area contributed by atoms with Gasteiger partial charge in [-0.05, 0) is 95.5 Å². The second-order valence-corrected chi connectivity index (χ2v) is 13.4. The first kappa shape index (κ1) is 25.1. The Morgan fingerprint density at radius 3 is 2.45 bits per heavy atom. The SMILES string of the molecule is CC(=O)O[C@H]1CC[C@]2(C)C3=CC[C@]4(C)[C@@H]([C@H](C)CCCC(C)C)CC[C@@]4(C)C3=CC[C@H]2[C@@H]1C. The van der Waals surface area contributed by atoms with E-state index in [1.807, 2.05) is 0 Å². The number of hydrogen-bond acceptors (Lipinski definition) is 2. The van der Waals surface area contributed by atoms with Gasteiger partial charge in [0, 0.05) is 6.92 Å². The number of hydrogen-bond donors (Lipinski definition) is 0. The first-order valence-electron chi connectivity index (χ1n) is 14.0. The fourth-order valence-corrected chi connectivity index (χ4v) is 9.00. The highest BCUT2D eigenvalue weighted by Crippen LogP contribution is 2.71. The van der Waals surface area contributed by atoms with Crippen molar-refractivity contribution >= 4 is 5.97 Å². The number of fused-ring (bicyclic) bond motifs is 5. The van der Waals surface area contributed by atoms with E-state index in [9.17, 15) is 4.79 Å². The third-order valence-corrected chi connectivity index (χ3v) is 11.3. The molecule has 2 saturated carbocycles. The largest absolute Gasteiger partial charge is 0.462 e. The maximum absolute atomic E-state index is 11.7. The van der Waals surface area contributed by atoms with Gasteiger partial charge in [-0.2, -0.15) is 0 Å². The molecule has 186 valence electrons. The van der Waals surface area contributed by atoms with Gasteiger partial charge in [-0.1, -0.05) is 79.9 Å². The van der Waals surface area contributed by atoms with Crippen LogP contribution in [0, 0.1) is 45.8 Å². The zero-order valence-corrected chi connectivity index (χ0v) is 22.8. The average molecular weight is 455 g/mol. The normalized spacial score (nSPS) is 43.2. The Kier molecular flexibility index (Phi) is 6.73. The average Bonchev–Trinajstić information content (AvgIpc) is 3.01. The van der Waals surface area contributed by atoms with Crippen molar-refractivity contribution in [2.75, 3.05) is 0 Å². The minimum Gasteiger partial charge on any atom is -0.462 e. The first-order chi connectivity index (χ1) is 15.4. The zero-order valence-electron chi connectivity index (χ0n) is 22.8.